The predicted molar refractivity (Wildman–Crippen MR) is 112 cm³/mol. The van der Waals surface area contributed by atoms with Crippen molar-refractivity contribution < 1.29 is 14.7 Å². The first-order valence-corrected chi connectivity index (χ1v) is 9.56. The van der Waals surface area contributed by atoms with Gasteiger partial charge in [-0.25, -0.2) is 5.43 Å². The van der Waals surface area contributed by atoms with Crippen LogP contribution in [0.2, 0.25) is 0 Å². The van der Waals surface area contributed by atoms with Gasteiger partial charge in [-0.1, -0.05) is 26.7 Å². The van der Waals surface area contributed by atoms with Crippen LogP contribution in [-0.2, 0) is 4.79 Å². The monoisotopic (exact) mass is 381 g/mol. The predicted octanol–water partition coefficient (Wildman–Crippen LogP) is 4.31. The molecule has 0 spiro atoms. The van der Waals surface area contributed by atoms with Crippen LogP contribution in [0.3, 0.4) is 0 Å². The summed E-state index contributed by atoms with van der Waals surface area (Å²) in [6.07, 6.45) is 5.19. The highest BCUT2D eigenvalue weighted by molar-refractivity contribution is 5.96. The van der Waals surface area contributed by atoms with Gasteiger partial charge in [0.15, 0.2) is 0 Å². The molecule has 0 aromatic heterocycles. The lowest BCUT2D eigenvalue weighted by Crippen LogP contribution is -2.23. The molecule has 0 aliphatic rings. The molecule has 0 aliphatic heterocycles. The van der Waals surface area contributed by atoms with Crippen molar-refractivity contribution in [2.75, 3.05) is 5.32 Å². The normalized spacial score (nSPS) is 11.0. The number of hydrogen-bond acceptors (Lipinski definition) is 4. The van der Waals surface area contributed by atoms with E-state index in [-0.39, 0.29) is 23.5 Å². The van der Waals surface area contributed by atoms with Crippen LogP contribution in [-0.4, -0.2) is 23.1 Å². The number of benzene rings is 2. The maximum absolute atomic E-state index is 12.4. The van der Waals surface area contributed by atoms with E-state index in [1.165, 1.54) is 6.21 Å². The number of carbonyl (C=O) groups excluding carboxylic acids is 2. The molecular weight excluding hydrogens is 354 g/mol. The molecule has 0 bridgehead atoms. The number of hydrogen-bond donors (Lipinski definition) is 3. The summed E-state index contributed by atoms with van der Waals surface area (Å²) in [7, 11) is 0. The molecule has 0 saturated heterocycles. The SMILES string of the molecule is CCCC(CCC)C(=O)Nc1ccc(C(=O)N/N=C/c2ccc(O)cc2)cc1. The first-order chi connectivity index (χ1) is 13.5. The Morgan fingerprint density at radius 2 is 1.61 bits per heavy atom. The van der Waals surface area contributed by atoms with E-state index < -0.39 is 0 Å². The third-order valence-corrected chi connectivity index (χ3v) is 4.33. The summed E-state index contributed by atoms with van der Waals surface area (Å²) in [4.78, 5) is 24.5. The van der Waals surface area contributed by atoms with Gasteiger partial charge < -0.3 is 10.4 Å². The van der Waals surface area contributed by atoms with Crippen molar-refractivity contribution in [1.29, 1.82) is 0 Å². The van der Waals surface area contributed by atoms with Gasteiger partial charge in [-0.3, -0.25) is 9.59 Å². The van der Waals surface area contributed by atoms with Gasteiger partial charge in [-0.2, -0.15) is 5.10 Å². The Bertz CT molecular complexity index is 793. The van der Waals surface area contributed by atoms with Crippen LogP contribution in [0.15, 0.2) is 53.6 Å². The molecule has 0 atom stereocenters. The van der Waals surface area contributed by atoms with Crippen LogP contribution < -0.4 is 10.7 Å². The van der Waals surface area contributed by atoms with Gasteiger partial charge in [-0.05, 0) is 66.9 Å². The molecule has 2 amide bonds. The number of carbonyl (C=O) groups is 2. The van der Waals surface area contributed by atoms with Crippen molar-refractivity contribution in [2.45, 2.75) is 39.5 Å². The topological polar surface area (TPSA) is 90.8 Å². The van der Waals surface area contributed by atoms with Gasteiger partial charge >= 0.3 is 0 Å². The molecular formula is C22H27N3O3. The highest BCUT2D eigenvalue weighted by Crippen LogP contribution is 2.17. The third-order valence-electron chi connectivity index (χ3n) is 4.33. The fraction of sp³-hybridized carbons (Fsp3) is 0.318. The number of nitrogens with one attached hydrogen (secondary N) is 2. The number of rotatable bonds is 9. The minimum Gasteiger partial charge on any atom is -0.508 e. The molecule has 6 nitrogen and oxygen atoms in total. The van der Waals surface area contributed by atoms with E-state index in [9.17, 15) is 14.7 Å². The van der Waals surface area contributed by atoms with Crippen molar-refractivity contribution in [2.24, 2.45) is 11.0 Å². The zero-order valence-electron chi connectivity index (χ0n) is 16.3. The minimum atomic E-state index is -0.345. The van der Waals surface area contributed by atoms with Crippen LogP contribution in [0.25, 0.3) is 0 Å². The Kier molecular flexibility index (Phi) is 8.21. The highest BCUT2D eigenvalue weighted by Gasteiger charge is 2.16. The molecule has 0 saturated carbocycles. The molecule has 0 heterocycles. The molecule has 3 N–H and O–H groups in total. The molecule has 6 heteroatoms. The molecule has 2 aromatic rings. The van der Waals surface area contributed by atoms with E-state index in [1.54, 1.807) is 48.5 Å². The van der Waals surface area contributed by atoms with Crippen LogP contribution in [0.1, 0.15) is 55.5 Å². The van der Waals surface area contributed by atoms with Gasteiger partial charge in [0.2, 0.25) is 5.91 Å². The lowest BCUT2D eigenvalue weighted by atomic mass is 9.97. The smallest absolute Gasteiger partial charge is 0.271 e. The Morgan fingerprint density at radius 1 is 1.00 bits per heavy atom. The summed E-state index contributed by atoms with van der Waals surface area (Å²) in [5.74, 6) is -0.126. The number of nitrogens with zero attached hydrogens (tertiary/aromatic N) is 1. The lowest BCUT2D eigenvalue weighted by Gasteiger charge is -2.15. The van der Waals surface area contributed by atoms with Crippen LogP contribution in [0, 0.1) is 5.92 Å². The van der Waals surface area contributed by atoms with Crippen molar-refractivity contribution in [3.05, 3.63) is 59.7 Å². The molecule has 0 radical (unpaired) electrons. The number of amides is 2. The number of hydrazone groups is 1. The zero-order chi connectivity index (χ0) is 20.4. The van der Waals surface area contributed by atoms with Gasteiger partial charge in [0.25, 0.3) is 5.91 Å². The average Bonchev–Trinajstić information content (AvgIpc) is 2.69. The van der Waals surface area contributed by atoms with E-state index in [0.29, 0.717) is 11.3 Å². The molecule has 2 aromatic carbocycles. The minimum absolute atomic E-state index is 0.0206. The fourth-order valence-corrected chi connectivity index (χ4v) is 2.84. The summed E-state index contributed by atoms with van der Waals surface area (Å²) >= 11 is 0. The Hall–Kier alpha value is -3.15. The zero-order valence-corrected chi connectivity index (χ0v) is 16.3. The highest BCUT2D eigenvalue weighted by atomic mass is 16.3. The van der Waals surface area contributed by atoms with Crippen LogP contribution in [0.5, 0.6) is 5.75 Å². The van der Waals surface area contributed by atoms with Gasteiger partial charge in [0.1, 0.15) is 5.75 Å². The Balaban J connectivity index is 1.91. The number of phenols is 1. The molecule has 148 valence electrons. The maximum Gasteiger partial charge on any atom is 0.271 e. The summed E-state index contributed by atoms with van der Waals surface area (Å²) in [5, 5.41) is 16.1. The van der Waals surface area contributed by atoms with Crippen LogP contribution >= 0.6 is 0 Å². The summed E-state index contributed by atoms with van der Waals surface area (Å²) in [6.45, 7) is 4.15. The summed E-state index contributed by atoms with van der Waals surface area (Å²) in [6, 6.07) is 13.2. The lowest BCUT2D eigenvalue weighted by molar-refractivity contribution is -0.120. The molecule has 0 aliphatic carbocycles. The van der Waals surface area contributed by atoms with E-state index >= 15 is 0 Å². The fourth-order valence-electron chi connectivity index (χ4n) is 2.84. The van der Waals surface area contributed by atoms with E-state index in [0.717, 1.165) is 31.2 Å². The van der Waals surface area contributed by atoms with Gasteiger partial charge in [0, 0.05) is 17.2 Å². The van der Waals surface area contributed by atoms with Crippen LogP contribution in [0.4, 0.5) is 5.69 Å². The van der Waals surface area contributed by atoms with Gasteiger partial charge in [-0.15, -0.1) is 0 Å². The quantitative estimate of drug-likeness (QED) is 0.446. The van der Waals surface area contributed by atoms with Crippen molar-refractivity contribution >= 4 is 23.7 Å². The van der Waals surface area contributed by atoms with E-state index in [1.807, 2.05) is 0 Å². The number of phenolic OH excluding ortho intramolecular Hbond substituents is 1. The van der Waals surface area contributed by atoms with Crippen molar-refractivity contribution in [1.82, 2.24) is 5.43 Å². The standard InChI is InChI=1S/C22H27N3O3/c1-3-5-17(6-4-2)21(27)24-19-11-9-18(10-12-19)22(28)25-23-15-16-7-13-20(26)14-8-16/h7-15,17,26H,3-6H2,1-2H3,(H,24,27)(H,25,28)/b23-15+. The largest absolute Gasteiger partial charge is 0.508 e. The number of aromatic hydroxyl groups is 1. The second-order valence-electron chi connectivity index (χ2n) is 6.63. The first kappa shape index (κ1) is 21.2. The first-order valence-electron chi connectivity index (χ1n) is 9.56. The van der Waals surface area contributed by atoms with Crippen molar-refractivity contribution in [3.8, 4) is 5.75 Å². The molecule has 0 unspecified atom stereocenters. The second-order valence-corrected chi connectivity index (χ2v) is 6.63. The summed E-state index contributed by atoms with van der Waals surface area (Å²) in [5.41, 5.74) is 4.33. The van der Waals surface area contributed by atoms with E-state index in [2.05, 4.69) is 29.7 Å². The maximum atomic E-state index is 12.4. The molecule has 28 heavy (non-hydrogen) atoms. The average molecular weight is 381 g/mol. The van der Waals surface area contributed by atoms with Crippen molar-refractivity contribution in [3.63, 3.8) is 0 Å². The molecule has 0 fully saturated rings. The van der Waals surface area contributed by atoms with Gasteiger partial charge in [0.05, 0.1) is 6.21 Å². The Labute approximate surface area is 165 Å². The summed E-state index contributed by atoms with van der Waals surface area (Å²) < 4.78 is 0. The molecule has 2 rings (SSSR count). The third kappa shape index (κ3) is 6.54. The van der Waals surface area contributed by atoms with E-state index in [4.69, 9.17) is 0 Å². The second kappa shape index (κ2) is 10.9. The number of anilines is 1. The Morgan fingerprint density at radius 3 is 2.18 bits per heavy atom.